The van der Waals surface area contributed by atoms with Crippen LogP contribution in [0.5, 0.6) is 5.75 Å². The summed E-state index contributed by atoms with van der Waals surface area (Å²) in [6, 6.07) is 0. The van der Waals surface area contributed by atoms with Crippen LogP contribution >= 0.6 is 11.3 Å². The lowest BCUT2D eigenvalue weighted by Gasteiger charge is -2.20. The molecule has 0 saturated carbocycles. The highest BCUT2D eigenvalue weighted by Crippen LogP contribution is 2.47. The highest BCUT2D eigenvalue weighted by molar-refractivity contribution is 7.19. The number of hydrogen-bond donors (Lipinski definition) is 1. The molecule has 1 aromatic rings. The van der Waals surface area contributed by atoms with Crippen molar-refractivity contribution in [1.82, 2.24) is 0 Å². The lowest BCUT2D eigenvalue weighted by atomic mass is 9.93. The second-order valence-electron chi connectivity index (χ2n) is 5.58. The predicted molar refractivity (Wildman–Crippen MR) is 75.9 cm³/mol. The molecule has 5 heteroatoms. The van der Waals surface area contributed by atoms with E-state index in [4.69, 9.17) is 10.5 Å². The molecule has 2 heterocycles. The van der Waals surface area contributed by atoms with Gasteiger partial charge in [-0.3, -0.25) is 4.79 Å². The molecule has 1 fully saturated rings. The van der Waals surface area contributed by atoms with Crippen LogP contribution in [0.4, 0.5) is 10.7 Å². The largest absolute Gasteiger partial charge is 0.492 e. The molecule has 0 bridgehead atoms. The van der Waals surface area contributed by atoms with Crippen molar-refractivity contribution in [2.45, 2.75) is 27.2 Å². The zero-order valence-electron chi connectivity index (χ0n) is 11.4. The van der Waals surface area contributed by atoms with E-state index in [-0.39, 0.29) is 5.78 Å². The molecule has 4 nitrogen and oxygen atoms in total. The van der Waals surface area contributed by atoms with E-state index in [9.17, 15) is 4.79 Å². The Balaban J connectivity index is 2.39. The zero-order valence-corrected chi connectivity index (χ0v) is 12.2. The summed E-state index contributed by atoms with van der Waals surface area (Å²) in [5.41, 5.74) is 6.78. The van der Waals surface area contributed by atoms with Gasteiger partial charge < -0.3 is 15.4 Å². The maximum atomic E-state index is 11.5. The molecule has 0 unspecified atom stereocenters. The number of nitrogen functional groups attached to an aromatic ring is 1. The van der Waals surface area contributed by atoms with Crippen LogP contribution in [-0.4, -0.2) is 26.0 Å². The minimum Gasteiger partial charge on any atom is -0.492 e. The first-order valence-corrected chi connectivity index (χ1v) is 6.89. The maximum Gasteiger partial charge on any atom is 0.177 e. The fourth-order valence-corrected chi connectivity index (χ4v) is 3.48. The van der Waals surface area contributed by atoms with Crippen molar-refractivity contribution in [3.63, 3.8) is 0 Å². The molecule has 1 saturated heterocycles. The van der Waals surface area contributed by atoms with Crippen molar-refractivity contribution in [1.29, 1.82) is 0 Å². The summed E-state index contributed by atoms with van der Waals surface area (Å²) in [5.74, 6) is 0.656. The first-order chi connectivity index (χ1) is 8.35. The van der Waals surface area contributed by atoms with Crippen molar-refractivity contribution in [2.24, 2.45) is 5.41 Å². The molecule has 1 aromatic heterocycles. The van der Waals surface area contributed by atoms with Crippen molar-refractivity contribution in [2.75, 3.05) is 30.8 Å². The summed E-state index contributed by atoms with van der Waals surface area (Å²) in [4.78, 5) is 14.4. The molecule has 2 rings (SSSR count). The van der Waals surface area contributed by atoms with E-state index >= 15 is 0 Å². The Labute approximate surface area is 112 Å². The quantitative estimate of drug-likeness (QED) is 0.856. The van der Waals surface area contributed by atoms with E-state index in [0.717, 1.165) is 24.5 Å². The van der Waals surface area contributed by atoms with Gasteiger partial charge in [-0.15, -0.1) is 11.3 Å². The fourth-order valence-electron chi connectivity index (χ4n) is 2.37. The topological polar surface area (TPSA) is 55.6 Å². The molecular formula is C13H20N2O2S. The normalized spacial score (nSPS) is 18.1. The van der Waals surface area contributed by atoms with E-state index in [0.29, 0.717) is 21.7 Å². The average molecular weight is 268 g/mol. The average Bonchev–Trinajstić information content (AvgIpc) is 2.78. The molecule has 0 aromatic carbocycles. The van der Waals surface area contributed by atoms with E-state index in [1.54, 1.807) is 14.0 Å². The summed E-state index contributed by atoms with van der Waals surface area (Å²) in [6.45, 7) is 8.01. The second-order valence-corrected chi connectivity index (χ2v) is 6.57. The van der Waals surface area contributed by atoms with Gasteiger partial charge in [0.05, 0.1) is 17.7 Å². The van der Waals surface area contributed by atoms with Crippen LogP contribution in [0.25, 0.3) is 0 Å². The first kappa shape index (κ1) is 13.2. The van der Waals surface area contributed by atoms with Gasteiger partial charge in [-0.1, -0.05) is 13.8 Å². The number of nitrogens with two attached hydrogens (primary N) is 1. The van der Waals surface area contributed by atoms with Crippen LogP contribution in [0, 0.1) is 5.41 Å². The minimum absolute atomic E-state index is 0.000470. The standard InChI is InChI=1S/C13H20N2O2S/c1-8(16)11-9(14)10(17-4)12(18-11)15-6-5-13(2,3)7-15/h5-7,14H2,1-4H3. The summed E-state index contributed by atoms with van der Waals surface area (Å²) >= 11 is 1.44. The summed E-state index contributed by atoms with van der Waals surface area (Å²) in [7, 11) is 1.60. The van der Waals surface area contributed by atoms with Gasteiger partial charge in [0.25, 0.3) is 0 Å². The van der Waals surface area contributed by atoms with E-state index in [2.05, 4.69) is 18.7 Å². The number of thiophene rings is 1. The molecular weight excluding hydrogens is 248 g/mol. The Morgan fingerprint density at radius 1 is 1.50 bits per heavy atom. The molecule has 0 radical (unpaired) electrons. The van der Waals surface area contributed by atoms with E-state index in [1.165, 1.54) is 11.3 Å². The van der Waals surface area contributed by atoms with Crippen LogP contribution in [-0.2, 0) is 0 Å². The van der Waals surface area contributed by atoms with Gasteiger partial charge in [-0.25, -0.2) is 0 Å². The smallest absolute Gasteiger partial charge is 0.177 e. The van der Waals surface area contributed by atoms with Crippen LogP contribution in [0.15, 0.2) is 0 Å². The predicted octanol–water partition coefficient (Wildman–Crippen LogP) is 2.78. The van der Waals surface area contributed by atoms with Crippen LogP contribution in [0.2, 0.25) is 0 Å². The SMILES string of the molecule is COc1c(N2CCC(C)(C)C2)sc(C(C)=O)c1N. The van der Waals surface area contributed by atoms with Gasteiger partial charge >= 0.3 is 0 Å². The van der Waals surface area contributed by atoms with Crippen molar-refractivity contribution < 1.29 is 9.53 Å². The summed E-state index contributed by atoms with van der Waals surface area (Å²) < 4.78 is 5.38. The molecule has 0 atom stereocenters. The minimum atomic E-state index is 0.000470. The number of ketones is 1. The Hall–Kier alpha value is -1.23. The molecule has 18 heavy (non-hydrogen) atoms. The van der Waals surface area contributed by atoms with Crippen molar-refractivity contribution in [3.8, 4) is 5.75 Å². The van der Waals surface area contributed by atoms with E-state index in [1.807, 2.05) is 0 Å². The third kappa shape index (κ3) is 2.19. The monoisotopic (exact) mass is 268 g/mol. The molecule has 2 N–H and O–H groups in total. The Morgan fingerprint density at radius 2 is 2.17 bits per heavy atom. The van der Waals surface area contributed by atoms with Crippen molar-refractivity contribution >= 4 is 27.8 Å². The van der Waals surface area contributed by atoms with Gasteiger partial charge in [-0.05, 0) is 11.8 Å². The maximum absolute atomic E-state index is 11.5. The highest BCUT2D eigenvalue weighted by Gasteiger charge is 2.33. The molecule has 0 aliphatic carbocycles. The van der Waals surface area contributed by atoms with E-state index < -0.39 is 0 Å². The Bertz CT molecular complexity index is 480. The lowest BCUT2D eigenvalue weighted by Crippen LogP contribution is -2.22. The number of hydrogen-bond acceptors (Lipinski definition) is 5. The number of Topliss-reactive ketones (excluding diaryl/α,β-unsaturated/α-hetero) is 1. The van der Waals surface area contributed by atoms with Gasteiger partial charge in [0, 0.05) is 20.0 Å². The molecule has 1 aliphatic rings. The van der Waals surface area contributed by atoms with Crippen molar-refractivity contribution in [3.05, 3.63) is 4.88 Å². The third-order valence-electron chi connectivity index (χ3n) is 3.37. The lowest BCUT2D eigenvalue weighted by molar-refractivity contribution is 0.102. The molecule has 1 aliphatic heterocycles. The van der Waals surface area contributed by atoms with Crippen LogP contribution in [0.3, 0.4) is 0 Å². The molecule has 100 valence electrons. The number of rotatable bonds is 3. The van der Waals surface area contributed by atoms with Gasteiger partial charge in [0.1, 0.15) is 5.00 Å². The zero-order chi connectivity index (χ0) is 13.5. The second kappa shape index (κ2) is 4.46. The number of ether oxygens (including phenoxy) is 1. The van der Waals surface area contributed by atoms with Crippen LogP contribution < -0.4 is 15.4 Å². The third-order valence-corrected chi connectivity index (χ3v) is 4.72. The number of carbonyl (C=O) groups is 1. The number of anilines is 2. The van der Waals surface area contributed by atoms with Gasteiger partial charge in [-0.2, -0.15) is 0 Å². The van der Waals surface area contributed by atoms with Crippen LogP contribution in [0.1, 0.15) is 36.9 Å². The Kier molecular flexibility index (Phi) is 3.27. The number of carbonyl (C=O) groups excluding carboxylic acids is 1. The van der Waals surface area contributed by atoms with Gasteiger partial charge in [0.2, 0.25) is 0 Å². The number of nitrogens with zero attached hydrogens (tertiary/aromatic N) is 1. The molecule has 0 amide bonds. The Morgan fingerprint density at radius 3 is 2.61 bits per heavy atom. The van der Waals surface area contributed by atoms with Gasteiger partial charge in [0.15, 0.2) is 11.5 Å². The highest BCUT2D eigenvalue weighted by atomic mass is 32.1. The summed E-state index contributed by atoms with van der Waals surface area (Å²) in [6.07, 6.45) is 1.14. The summed E-state index contributed by atoms with van der Waals surface area (Å²) in [5, 5.41) is 0.991. The number of methoxy groups -OCH3 is 1. The molecule has 0 spiro atoms. The fraction of sp³-hybridized carbons (Fsp3) is 0.615. The first-order valence-electron chi connectivity index (χ1n) is 6.08.